The molecular weight excluding hydrogens is 493 g/mol. The third kappa shape index (κ3) is 6.15. The third-order valence-electron chi connectivity index (χ3n) is 6.28. The number of carboxylic acids is 1. The van der Waals surface area contributed by atoms with Crippen molar-refractivity contribution >= 4 is 12.1 Å². The lowest BCUT2D eigenvalue weighted by Gasteiger charge is -2.34. The monoisotopic (exact) mass is 524 g/mol. The SMILES string of the molecule is CC(C)OC(=O)N1[C@H](C(=O)O)[C@@H](C(C)(C)C)[C@H](OCc2cc(C(F)(F)F)c[nH]c2=O)[C@@H]1c1ccccc1. The molecule has 8 nitrogen and oxygen atoms in total. The van der Waals surface area contributed by atoms with E-state index in [4.69, 9.17) is 9.47 Å². The second-order valence-electron chi connectivity index (χ2n) is 10.4. The molecule has 0 unspecified atom stereocenters. The van der Waals surface area contributed by atoms with Crippen LogP contribution in [0.1, 0.15) is 57.4 Å². The summed E-state index contributed by atoms with van der Waals surface area (Å²) in [7, 11) is 0. The topological polar surface area (TPSA) is 109 Å². The number of pyridine rings is 1. The highest BCUT2D eigenvalue weighted by atomic mass is 19.4. The van der Waals surface area contributed by atoms with Gasteiger partial charge < -0.3 is 19.6 Å². The quantitative estimate of drug-likeness (QED) is 0.551. The first-order chi connectivity index (χ1) is 17.1. The van der Waals surface area contributed by atoms with E-state index in [1.165, 1.54) is 0 Å². The summed E-state index contributed by atoms with van der Waals surface area (Å²) in [5, 5.41) is 10.3. The molecule has 1 aromatic carbocycles. The molecule has 0 aliphatic carbocycles. The van der Waals surface area contributed by atoms with Gasteiger partial charge in [0.1, 0.15) is 6.04 Å². The predicted octanol–water partition coefficient (Wildman–Crippen LogP) is 5.00. The molecule has 2 aromatic rings. The number of carbonyl (C=O) groups excluding carboxylic acids is 1. The maximum Gasteiger partial charge on any atom is 0.417 e. The Morgan fingerprint density at radius 3 is 2.27 bits per heavy atom. The van der Waals surface area contributed by atoms with E-state index in [2.05, 4.69) is 4.98 Å². The number of nitrogens with zero attached hydrogens (tertiary/aromatic N) is 1. The maximum absolute atomic E-state index is 13.3. The number of hydrogen-bond donors (Lipinski definition) is 2. The number of ether oxygens (including phenoxy) is 2. The van der Waals surface area contributed by atoms with Gasteiger partial charge in [-0.05, 0) is 30.9 Å². The molecule has 0 radical (unpaired) electrons. The van der Waals surface area contributed by atoms with Crippen LogP contribution in [0.4, 0.5) is 18.0 Å². The van der Waals surface area contributed by atoms with Crippen LogP contribution in [0.2, 0.25) is 0 Å². The van der Waals surface area contributed by atoms with E-state index in [1.807, 2.05) is 0 Å². The highest BCUT2D eigenvalue weighted by molar-refractivity contribution is 5.82. The summed E-state index contributed by atoms with van der Waals surface area (Å²) in [6.45, 7) is 8.12. The fraction of sp³-hybridized carbons (Fsp3) is 0.500. The number of alkyl halides is 3. The molecule has 2 N–H and O–H groups in total. The molecule has 0 saturated carbocycles. The van der Waals surface area contributed by atoms with E-state index >= 15 is 0 Å². The first-order valence-electron chi connectivity index (χ1n) is 11.8. The van der Waals surface area contributed by atoms with Gasteiger partial charge in [-0.3, -0.25) is 9.69 Å². The van der Waals surface area contributed by atoms with Crippen molar-refractivity contribution in [1.82, 2.24) is 9.88 Å². The number of aliphatic carboxylic acids is 1. The molecule has 1 aliphatic rings. The van der Waals surface area contributed by atoms with Crippen molar-refractivity contribution in [2.75, 3.05) is 0 Å². The smallest absolute Gasteiger partial charge is 0.417 e. The van der Waals surface area contributed by atoms with Crippen LogP contribution in [0.15, 0.2) is 47.4 Å². The van der Waals surface area contributed by atoms with Crippen molar-refractivity contribution in [3.8, 4) is 0 Å². The summed E-state index contributed by atoms with van der Waals surface area (Å²) in [6, 6.07) is 7.01. The Morgan fingerprint density at radius 2 is 1.76 bits per heavy atom. The highest BCUT2D eigenvalue weighted by Gasteiger charge is 2.59. The Morgan fingerprint density at radius 1 is 1.14 bits per heavy atom. The number of carboxylic acid groups (broad SMARTS) is 1. The van der Waals surface area contributed by atoms with E-state index < -0.39 is 71.6 Å². The van der Waals surface area contributed by atoms with Crippen molar-refractivity contribution in [2.45, 2.75) is 71.7 Å². The minimum absolute atomic E-state index is 0.274. The van der Waals surface area contributed by atoms with Crippen molar-refractivity contribution in [1.29, 1.82) is 0 Å². The number of aromatic amines is 1. The fourth-order valence-corrected chi connectivity index (χ4v) is 4.79. The number of hydrogen-bond acceptors (Lipinski definition) is 5. The van der Waals surface area contributed by atoms with E-state index in [0.29, 0.717) is 17.8 Å². The summed E-state index contributed by atoms with van der Waals surface area (Å²) < 4.78 is 51.2. The van der Waals surface area contributed by atoms with Gasteiger partial charge >= 0.3 is 18.2 Å². The van der Waals surface area contributed by atoms with E-state index in [9.17, 15) is 32.7 Å². The number of carbonyl (C=O) groups is 2. The predicted molar refractivity (Wildman–Crippen MR) is 128 cm³/mol. The van der Waals surface area contributed by atoms with Gasteiger partial charge in [-0.15, -0.1) is 0 Å². The van der Waals surface area contributed by atoms with Crippen molar-refractivity contribution in [3.63, 3.8) is 0 Å². The first-order valence-corrected chi connectivity index (χ1v) is 11.8. The molecule has 2 heterocycles. The van der Waals surface area contributed by atoms with Crippen LogP contribution in [0.25, 0.3) is 0 Å². The minimum atomic E-state index is -4.68. The largest absolute Gasteiger partial charge is 0.480 e. The van der Waals surface area contributed by atoms with Crippen LogP contribution < -0.4 is 5.56 Å². The van der Waals surface area contributed by atoms with Gasteiger partial charge in [-0.2, -0.15) is 13.2 Å². The van der Waals surface area contributed by atoms with Crippen LogP contribution in [0, 0.1) is 11.3 Å². The van der Waals surface area contributed by atoms with E-state index in [-0.39, 0.29) is 5.56 Å². The molecule has 11 heteroatoms. The lowest BCUT2D eigenvalue weighted by atomic mass is 9.73. The third-order valence-corrected chi connectivity index (χ3v) is 6.28. The molecule has 37 heavy (non-hydrogen) atoms. The van der Waals surface area contributed by atoms with Crippen LogP contribution >= 0.6 is 0 Å². The van der Waals surface area contributed by atoms with Gasteiger partial charge in [0.25, 0.3) is 5.56 Å². The van der Waals surface area contributed by atoms with Crippen LogP contribution in [-0.2, 0) is 27.1 Å². The van der Waals surface area contributed by atoms with Gasteiger partial charge in [0.2, 0.25) is 0 Å². The standard InChI is InChI=1S/C26H31F3N2O6/c1-14(2)37-24(35)31-19(15-9-7-6-8-10-15)21(18(25(3,4)5)20(31)23(33)34)36-13-16-11-17(26(27,28)29)12-30-22(16)32/h6-12,14,18-21H,13H2,1-5H3,(H,30,32)(H,33,34)/t18-,19+,20+,21+/m1/s1. The van der Waals surface area contributed by atoms with E-state index in [0.717, 1.165) is 4.90 Å². The number of aromatic nitrogens is 1. The summed E-state index contributed by atoms with van der Waals surface area (Å²) in [5.41, 5.74) is -2.25. The van der Waals surface area contributed by atoms with Gasteiger partial charge in [-0.1, -0.05) is 51.1 Å². The molecule has 1 aliphatic heterocycles. The summed E-state index contributed by atoms with van der Waals surface area (Å²) in [6.07, 6.45) is -6.48. The Bertz CT molecular complexity index is 1170. The summed E-state index contributed by atoms with van der Waals surface area (Å²) in [4.78, 5) is 41.4. The zero-order valence-corrected chi connectivity index (χ0v) is 21.2. The van der Waals surface area contributed by atoms with Crippen molar-refractivity contribution < 1.29 is 37.3 Å². The first kappa shape index (κ1) is 28.2. The van der Waals surface area contributed by atoms with Crippen LogP contribution in [0.5, 0.6) is 0 Å². The number of amides is 1. The van der Waals surface area contributed by atoms with Gasteiger partial charge in [-0.25, -0.2) is 9.59 Å². The second-order valence-corrected chi connectivity index (χ2v) is 10.4. The normalized spacial score (nSPS) is 22.4. The molecule has 1 fully saturated rings. The Labute approximate surface area is 212 Å². The van der Waals surface area contributed by atoms with Gasteiger partial charge in [0.05, 0.1) is 30.4 Å². The molecular formula is C26H31F3N2O6. The average molecular weight is 525 g/mol. The lowest BCUT2D eigenvalue weighted by Crippen LogP contribution is -2.47. The molecule has 0 spiro atoms. The van der Waals surface area contributed by atoms with Gasteiger partial charge in [0.15, 0.2) is 0 Å². The molecule has 1 saturated heterocycles. The molecule has 0 bridgehead atoms. The van der Waals surface area contributed by atoms with Crippen molar-refractivity contribution in [3.05, 3.63) is 69.6 Å². The van der Waals surface area contributed by atoms with Crippen LogP contribution in [0.3, 0.4) is 0 Å². The number of nitrogens with one attached hydrogen (secondary N) is 1. The molecule has 1 aromatic heterocycles. The summed E-state index contributed by atoms with van der Waals surface area (Å²) in [5.74, 6) is -2.08. The minimum Gasteiger partial charge on any atom is -0.480 e. The average Bonchev–Trinajstić information content (AvgIpc) is 3.14. The number of benzene rings is 1. The number of likely N-dealkylation sites (tertiary alicyclic amines) is 1. The molecule has 202 valence electrons. The maximum atomic E-state index is 13.3. The lowest BCUT2D eigenvalue weighted by molar-refractivity contribution is -0.145. The number of H-pyrrole nitrogens is 1. The Balaban J connectivity index is 2.13. The zero-order valence-electron chi connectivity index (χ0n) is 21.2. The molecule has 3 rings (SSSR count). The molecule has 4 atom stereocenters. The Hall–Kier alpha value is -3.34. The zero-order chi connectivity index (χ0) is 27.7. The Kier molecular flexibility index (Phi) is 8.06. The summed E-state index contributed by atoms with van der Waals surface area (Å²) >= 11 is 0. The van der Waals surface area contributed by atoms with Crippen LogP contribution in [-0.4, -0.2) is 45.3 Å². The van der Waals surface area contributed by atoms with E-state index in [1.54, 1.807) is 65.0 Å². The molecule has 1 amide bonds. The fourth-order valence-electron chi connectivity index (χ4n) is 4.79. The van der Waals surface area contributed by atoms with Gasteiger partial charge in [0, 0.05) is 17.7 Å². The van der Waals surface area contributed by atoms with Crippen molar-refractivity contribution in [2.24, 2.45) is 11.3 Å². The number of halogens is 3. The number of rotatable bonds is 6. The second kappa shape index (κ2) is 10.6. The highest BCUT2D eigenvalue weighted by Crippen LogP contribution is 2.50.